The Bertz CT molecular complexity index is 767. The van der Waals surface area contributed by atoms with Gasteiger partial charge in [0.1, 0.15) is 5.75 Å². The molecule has 0 bridgehead atoms. The molecule has 0 saturated carbocycles. The standard InChI is InChI=1S/C23H32N4O/c1-4-28-22-11-10-19(16-18(22)2)17-25-23(24-3)26-20-12-14-27(15-13-20)21-8-6-5-7-9-21/h5-11,16,20H,4,12-15,17H2,1-3H3,(H2,24,25,26). The van der Waals surface area contributed by atoms with E-state index in [1.807, 2.05) is 20.0 Å². The number of aryl methyl sites for hydroxylation is 1. The Morgan fingerprint density at radius 1 is 1.14 bits per heavy atom. The first-order chi connectivity index (χ1) is 13.7. The molecule has 5 heteroatoms. The Hall–Kier alpha value is -2.69. The molecule has 0 radical (unpaired) electrons. The van der Waals surface area contributed by atoms with E-state index >= 15 is 0 Å². The molecule has 1 aliphatic rings. The number of ether oxygens (including phenoxy) is 1. The quantitative estimate of drug-likeness (QED) is 0.592. The maximum Gasteiger partial charge on any atom is 0.191 e. The van der Waals surface area contributed by atoms with Crippen molar-refractivity contribution in [1.29, 1.82) is 0 Å². The Labute approximate surface area is 168 Å². The highest BCUT2D eigenvalue weighted by molar-refractivity contribution is 5.80. The van der Waals surface area contributed by atoms with Gasteiger partial charge in [-0.05, 0) is 56.0 Å². The van der Waals surface area contributed by atoms with Crippen LogP contribution in [0.2, 0.25) is 0 Å². The molecular weight excluding hydrogens is 348 g/mol. The SMILES string of the molecule is CCOc1ccc(CNC(=NC)NC2CCN(c3ccccc3)CC2)cc1C. The van der Waals surface area contributed by atoms with Crippen molar-refractivity contribution < 1.29 is 4.74 Å². The summed E-state index contributed by atoms with van der Waals surface area (Å²) in [6, 6.07) is 17.4. The van der Waals surface area contributed by atoms with Crippen LogP contribution in [0.5, 0.6) is 5.75 Å². The zero-order valence-corrected chi connectivity index (χ0v) is 17.2. The topological polar surface area (TPSA) is 48.9 Å². The average Bonchev–Trinajstić information content (AvgIpc) is 2.74. The molecule has 0 spiro atoms. The molecule has 0 unspecified atom stereocenters. The van der Waals surface area contributed by atoms with Crippen molar-refractivity contribution in [2.24, 2.45) is 4.99 Å². The van der Waals surface area contributed by atoms with Gasteiger partial charge >= 0.3 is 0 Å². The number of rotatable bonds is 6. The second-order valence-electron chi connectivity index (χ2n) is 7.20. The average molecular weight is 381 g/mol. The van der Waals surface area contributed by atoms with Gasteiger partial charge in [-0.25, -0.2) is 0 Å². The molecule has 1 aliphatic heterocycles. The van der Waals surface area contributed by atoms with Gasteiger partial charge in [0.25, 0.3) is 0 Å². The second kappa shape index (κ2) is 10.0. The van der Waals surface area contributed by atoms with Crippen LogP contribution in [0, 0.1) is 6.92 Å². The van der Waals surface area contributed by atoms with E-state index in [2.05, 4.69) is 69.9 Å². The number of benzene rings is 2. The van der Waals surface area contributed by atoms with Crippen LogP contribution >= 0.6 is 0 Å². The van der Waals surface area contributed by atoms with Crippen molar-refractivity contribution in [2.45, 2.75) is 39.3 Å². The van der Waals surface area contributed by atoms with Gasteiger partial charge in [0.15, 0.2) is 5.96 Å². The van der Waals surface area contributed by atoms with Gasteiger partial charge in [0, 0.05) is 38.4 Å². The van der Waals surface area contributed by atoms with E-state index in [9.17, 15) is 0 Å². The molecule has 1 heterocycles. The maximum atomic E-state index is 5.62. The third kappa shape index (κ3) is 5.41. The van der Waals surface area contributed by atoms with Crippen molar-refractivity contribution in [2.75, 3.05) is 31.6 Å². The van der Waals surface area contributed by atoms with Gasteiger partial charge < -0.3 is 20.3 Å². The minimum Gasteiger partial charge on any atom is -0.494 e. The summed E-state index contributed by atoms with van der Waals surface area (Å²) in [5.41, 5.74) is 3.70. The van der Waals surface area contributed by atoms with Gasteiger partial charge in [-0.2, -0.15) is 0 Å². The first-order valence-corrected chi connectivity index (χ1v) is 10.2. The Kier molecular flexibility index (Phi) is 7.18. The molecule has 1 saturated heterocycles. The largest absolute Gasteiger partial charge is 0.494 e. The number of aliphatic imine (C=N–C) groups is 1. The fourth-order valence-electron chi connectivity index (χ4n) is 3.63. The molecule has 150 valence electrons. The lowest BCUT2D eigenvalue weighted by molar-refractivity contribution is 0.338. The van der Waals surface area contributed by atoms with Crippen molar-refractivity contribution in [1.82, 2.24) is 10.6 Å². The summed E-state index contributed by atoms with van der Waals surface area (Å²) in [6.45, 7) is 7.67. The van der Waals surface area contributed by atoms with Gasteiger partial charge in [-0.15, -0.1) is 0 Å². The van der Waals surface area contributed by atoms with Gasteiger partial charge in [-0.3, -0.25) is 4.99 Å². The summed E-state index contributed by atoms with van der Waals surface area (Å²) in [4.78, 5) is 6.86. The summed E-state index contributed by atoms with van der Waals surface area (Å²) in [7, 11) is 1.83. The maximum absolute atomic E-state index is 5.62. The number of hydrogen-bond donors (Lipinski definition) is 2. The van der Waals surface area contributed by atoms with Crippen molar-refractivity contribution in [3.05, 3.63) is 59.7 Å². The first-order valence-electron chi connectivity index (χ1n) is 10.2. The number of nitrogens with zero attached hydrogens (tertiary/aromatic N) is 2. The molecule has 1 fully saturated rings. The van der Waals surface area contributed by atoms with E-state index in [0.717, 1.165) is 49.7 Å². The molecule has 2 aromatic carbocycles. The minimum absolute atomic E-state index is 0.452. The second-order valence-corrected chi connectivity index (χ2v) is 7.20. The Balaban J connectivity index is 1.47. The molecule has 2 N–H and O–H groups in total. The van der Waals surface area contributed by atoms with Crippen LogP contribution in [0.15, 0.2) is 53.5 Å². The van der Waals surface area contributed by atoms with E-state index in [-0.39, 0.29) is 0 Å². The predicted octanol–water partition coefficient (Wildman–Crippen LogP) is 3.73. The lowest BCUT2D eigenvalue weighted by Gasteiger charge is -2.34. The third-order valence-corrected chi connectivity index (χ3v) is 5.18. The zero-order valence-electron chi connectivity index (χ0n) is 17.2. The highest BCUT2D eigenvalue weighted by Gasteiger charge is 2.20. The molecule has 5 nitrogen and oxygen atoms in total. The highest BCUT2D eigenvalue weighted by Crippen LogP contribution is 2.20. The van der Waals surface area contributed by atoms with E-state index in [0.29, 0.717) is 12.6 Å². The molecule has 28 heavy (non-hydrogen) atoms. The van der Waals surface area contributed by atoms with Gasteiger partial charge in [0.2, 0.25) is 0 Å². The number of hydrogen-bond acceptors (Lipinski definition) is 3. The van der Waals surface area contributed by atoms with E-state index in [4.69, 9.17) is 4.74 Å². The molecule has 0 amide bonds. The van der Waals surface area contributed by atoms with Crippen LogP contribution in [0.4, 0.5) is 5.69 Å². The monoisotopic (exact) mass is 380 g/mol. The smallest absolute Gasteiger partial charge is 0.191 e. The lowest BCUT2D eigenvalue weighted by atomic mass is 10.0. The number of piperidine rings is 1. The summed E-state index contributed by atoms with van der Waals surface area (Å²) < 4.78 is 5.62. The molecular formula is C23H32N4O. The summed E-state index contributed by atoms with van der Waals surface area (Å²) in [5.74, 6) is 1.82. The van der Waals surface area contributed by atoms with Crippen LogP contribution in [0.25, 0.3) is 0 Å². The third-order valence-electron chi connectivity index (χ3n) is 5.18. The number of nitrogens with one attached hydrogen (secondary N) is 2. The van der Waals surface area contributed by atoms with Crippen LogP contribution in [-0.2, 0) is 6.54 Å². The fraction of sp³-hybridized carbons (Fsp3) is 0.435. The Morgan fingerprint density at radius 2 is 1.89 bits per heavy atom. The van der Waals surface area contributed by atoms with Gasteiger partial charge in [0.05, 0.1) is 6.61 Å². The van der Waals surface area contributed by atoms with Crippen molar-refractivity contribution >= 4 is 11.6 Å². The molecule has 2 aromatic rings. The van der Waals surface area contributed by atoms with Crippen LogP contribution in [0.3, 0.4) is 0 Å². The van der Waals surface area contributed by atoms with E-state index in [1.165, 1.54) is 11.3 Å². The number of para-hydroxylation sites is 1. The van der Waals surface area contributed by atoms with Crippen molar-refractivity contribution in [3.63, 3.8) is 0 Å². The van der Waals surface area contributed by atoms with Crippen LogP contribution in [0.1, 0.15) is 30.9 Å². The van der Waals surface area contributed by atoms with Gasteiger partial charge in [-0.1, -0.05) is 30.3 Å². The van der Waals surface area contributed by atoms with Crippen molar-refractivity contribution in [3.8, 4) is 5.75 Å². The summed E-state index contributed by atoms with van der Waals surface area (Å²) >= 11 is 0. The minimum atomic E-state index is 0.452. The van der Waals surface area contributed by atoms with E-state index in [1.54, 1.807) is 0 Å². The summed E-state index contributed by atoms with van der Waals surface area (Å²) in [5, 5.41) is 7.02. The molecule has 3 rings (SSSR count). The number of guanidine groups is 1. The molecule has 0 atom stereocenters. The summed E-state index contributed by atoms with van der Waals surface area (Å²) in [6.07, 6.45) is 2.22. The molecule has 0 aliphatic carbocycles. The normalized spacial score (nSPS) is 15.4. The first kappa shape index (κ1) is 20.1. The predicted molar refractivity (Wildman–Crippen MR) is 117 cm³/mol. The zero-order chi connectivity index (χ0) is 19.8. The highest BCUT2D eigenvalue weighted by atomic mass is 16.5. The molecule has 0 aromatic heterocycles. The Morgan fingerprint density at radius 3 is 2.54 bits per heavy atom. The van der Waals surface area contributed by atoms with E-state index < -0.39 is 0 Å². The fourth-order valence-corrected chi connectivity index (χ4v) is 3.63. The van der Waals surface area contributed by atoms with Crippen LogP contribution in [-0.4, -0.2) is 38.7 Å². The number of anilines is 1. The van der Waals surface area contributed by atoms with Crippen LogP contribution < -0.4 is 20.3 Å². The lowest BCUT2D eigenvalue weighted by Crippen LogP contribution is -2.48.